The number of hydrogen-bond donors (Lipinski definition) is 1. The molecule has 0 aliphatic carbocycles. The maximum Gasteiger partial charge on any atom is 0.118 e. The molecule has 0 spiro atoms. The fraction of sp³-hybridized carbons (Fsp3) is 0.429. The van der Waals surface area contributed by atoms with Gasteiger partial charge in [-0.3, -0.25) is 0 Å². The van der Waals surface area contributed by atoms with E-state index in [2.05, 4.69) is 42.1 Å². The summed E-state index contributed by atoms with van der Waals surface area (Å²) in [6, 6.07) is 6.34. The minimum absolute atomic E-state index is 0.801. The molecule has 0 bridgehead atoms. The monoisotopic (exact) mass is 281 g/mol. The summed E-state index contributed by atoms with van der Waals surface area (Å²) < 4.78 is 5.72. The standard InChI is InChI=1S/C14H19NOS2/c1-3-11-6-7-18-14(11)9-15-8-12-4-5-13(16-12)10-17-2/h4-7,15H,3,8-10H2,1-2H3. The van der Waals surface area contributed by atoms with Crippen LogP contribution in [0, 0.1) is 0 Å². The van der Waals surface area contributed by atoms with Crippen LogP contribution in [0.4, 0.5) is 0 Å². The van der Waals surface area contributed by atoms with E-state index in [1.54, 1.807) is 11.8 Å². The highest BCUT2D eigenvalue weighted by Crippen LogP contribution is 2.17. The Morgan fingerprint density at radius 2 is 2.06 bits per heavy atom. The van der Waals surface area contributed by atoms with Gasteiger partial charge >= 0.3 is 0 Å². The second-order valence-corrected chi connectivity index (χ2v) is 5.99. The first-order valence-electron chi connectivity index (χ1n) is 6.16. The average molecular weight is 281 g/mol. The minimum Gasteiger partial charge on any atom is -0.464 e. The van der Waals surface area contributed by atoms with Crippen LogP contribution in [-0.4, -0.2) is 6.26 Å². The summed E-state index contributed by atoms with van der Waals surface area (Å²) in [4.78, 5) is 1.44. The van der Waals surface area contributed by atoms with Gasteiger partial charge in [0.25, 0.3) is 0 Å². The van der Waals surface area contributed by atoms with Crippen LogP contribution in [0.5, 0.6) is 0 Å². The van der Waals surface area contributed by atoms with Crippen molar-refractivity contribution >= 4 is 23.1 Å². The molecule has 2 heterocycles. The Kier molecular flexibility index (Phi) is 5.35. The lowest BCUT2D eigenvalue weighted by atomic mass is 10.2. The van der Waals surface area contributed by atoms with Gasteiger partial charge in [0.2, 0.25) is 0 Å². The van der Waals surface area contributed by atoms with Crippen molar-refractivity contribution in [2.24, 2.45) is 0 Å². The Bertz CT molecular complexity index is 476. The topological polar surface area (TPSA) is 25.2 Å². The highest BCUT2D eigenvalue weighted by Gasteiger charge is 2.04. The molecule has 0 atom stereocenters. The molecule has 0 aliphatic heterocycles. The maximum atomic E-state index is 5.72. The minimum atomic E-state index is 0.801. The van der Waals surface area contributed by atoms with Gasteiger partial charge in [0.1, 0.15) is 11.5 Å². The molecule has 0 aliphatic rings. The third-order valence-corrected chi connectivity index (χ3v) is 4.34. The van der Waals surface area contributed by atoms with E-state index in [1.165, 1.54) is 10.4 Å². The van der Waals surface area contributed by atoms with Crippen LogP contribution in [0.2, 0.25) is 0 Å². The normalized spacial score (nSPS) is 11.0. The molecular formula is C14H19NOS2. The van der Waals surface area contributed by atoms with E-state index in [1.807, 2.05) is 11.3 Å². The molecule has 0 fully saturated rings. The first-order valence-corrected chi connectivity index (χ1v) is 8.43. The van der Waals surface area contributed by atoms with Crippen molar-refractivity contribution in [3.63, 3.8) is 0 Å². The van der Waals surface area contributed by atoms with Gasteiger partial charge in [0.15, 0.2) is 0 Å². The molecule has 0 saturated carbocycles. The van der Waals surface area contributed by atoms with E-state index in [4.69, 9.17) is 4.42 Å². The van der Waals surface area contributed by atoms with Crippen molar-refractivity contribution in [3.05, 3.63) is 45.5 Å². The summed E-state index contributed by atoms with van der Waals surface area (Å²) >= 11 is 3.61. The summed E-state index contributed by atoms with van der Waals surface area (Å²) in [5.74, 6) is 3.03. The summed E-state index contributed by atoms with van der Waals surface area (Å²) in [7, 11) is 0. The highest BCUT2D eigenvalue weighted by molar-refractivity contribution is 7.97. The van der Waals surface area contributed by atoms with Crippen molar-refractivity contribution in [1.29, 1.82) is 0 Å². The number of thiophene rings is 1. The largest absolute Gasteiger partial charge is 0.464 e. The first kappa shape index (κ1) is 13.7. The van der Waals surface area contributed by atoms with Gasteiger partial charge in [-0.1, -0.05) is 6.92 Å². The second kappa shape index (κ2) is 7.02. The predicted octanol–water partition coefficient (Wildman–Crippen LogP) is 4.06. The van der Waals surface area contributed by atoms with Crippen molar-refractivity contribution in [1.82, 2.24) is 5.32 Å². The summed E-state index contributed by atoms with van der Waals surface area (Å²) in [6.07, 6.45) is 3.20. The zero-order valence-electron chi connectivity index (χ0n) is 10.9. The average Bonchev–Trinajstić information content (AvgIpc) is 2.99. The van der Waals surface area contributed by atoms with Gasteiger partial charge in [0.05, 0.1) is 12.3 Å². The van der Waals surface area contributed by atoms with E-state index in [9.17, 15) is 0 Å². The molecule has 1 N–H and O–H groups in total. The molecule has 0 unspecified atom stereocenters. The van der Waals surface area contributed by atoms with Crippen molar-refractivity contribution in [2.75, 3.05) is 6.26 Å². The summed E-state index contributed by atoms with van der Waals surface area (Å²) in [5, 5.41) is 5.61. The van der Waals surface area contributed by atoms with Crippen LogP contribution < -0.4 is 5.32 Å². The number of nitrogens with one attached hydrogen (secondary N) is 1. The molecule has 0 radical (unpaired) electrons. The van der Waals surface area contributed by atoms with Gasteiger partial charge in [-0.15, -0.1) is 11.3 Å². The lowest BCUT2D eigenvalue weighted by Gasteiger charge is -2.03. The van der Waals surface area contributed by atoms with E-state index in [-0.39, 0.29) is 0 Å². The van der Waals surface area contributed by atoms with Crippen LogP contribution >= 0.6 is 23.1 Å². The maximum absolute atomic E-state index is 5.72. The van der Waals surface area contributed by atoms with E-state index >= 15 is 0 Å². The zero-order valence-corrected chi connectivity index (χ0v) is 12.5. The van der Waals surface area contributed by atoms with E-state index < -0.39 is 0 Å². The van der Waals surface area contributed by atoms with Crippen LogP contribution in [0.25, 0.3) is 0 Å². The fourth-order valence-corrected chi connectivity index (χ4v) is 3.26. The first-order chi connectivity index (χ1) is 8.83. The second-order valence-electron chi connectivity index (χ2n) is 4.13. The quantitative estimate of drug-likeness (QED) is 0.828. The smallest absolute Gasteiger partial charge is 0.118 e. The van der Waals surface area contributed by atoms with E-state index in [0.717, 1.165) is 36.8 Å². The Morgan fingerprint density at radius 3 is 2.83 bits per heavy atom. The number of rotatable bonds is 7. The Balaban J connectivity index is 1.81. The Labute approximate surface area is 117 Å². The van der Waals surface area contributed by atoms with E-state index in [0.29, 0.717) is 0 Å². The van der Waals surface area contributed by atoms with Crippen molar-refractivity contribution in [3.8, 4) is 0 Å². The molecule has 98 valence electrons. The molecule has 0 saturated heterocycles. The third kappa shape index (κ3) is 3.64. The lowest BCUT2D eigenvalue weighted by molar-refractivity contribution is 0.459. The van der Waals surface area contributed by atoms with Gasteiger partial charge in [-0.2, -0.15) is 11.8 Å². The van der Waals surface area contributed by atoms with Crippen LogP contribution in [0.3, 0.4) is 0 Å². The summed E-state index contributed by atoms with van der Waals surface area (Å²) in [6.45, 7) is 3.93. The van der Waals surface area contributed by atoms with Gasteiger partial charge in [0, 0.05) is 11.4 Å². The fourth-order valence-electron chi connectivity index (χ4n) is 1.87. The summed E-state index contributed by atoms with van der Waals surface area (Å²) in [5.41, 5.74) is 1.45. The molecule has 0 aromatic carbocycles. The number of aryl methyl sites for hydroxylation is 1. The number of furan rings is 1. The Hall–Kier alpha value is -0.710. The number of hydrogen-bond acceptors (Lipinski definition) is 4. The lowest BCUT2D eigenvalue weighted by Crippen LogP contribution is -2.12. The van der Waals surface area contributed by atoms with Crippen LogP contribution in [-0.2, 0) is 25.3 Å². The molecule has 2 nitrogen and oxygen atoms in total. The zero-order chi connectivity index (χ0) is 12.8. The molecule has 0 amide bonds. The third-order valence-electron chi connectivity index (χ3n) is 2.81. The Morgan fingerprint density at radius 1 is 1.22 bits per heavy atom. The molecular weight excluding hydrogens is 262 g/mol. The van der Waals surface area contributed by atoms with Crippen LogP contribution in [0.1, 0.15) is 28.9 Å². The van der Waals surface area contributed by atoms with Gasteiger partial charge in [-0.05, 0) is 41.8 Å². The van der Waals surface area contributed by atoms with Crippen molar-refractivity contribution in [2.45, 2.75) is 32.2 Å². The number of thioether (sulfide) groups is 1. The highest BCUT2D eigenvalue weighted by atomic mass is 32.2. The molecule has 2 aromatic heterocycles. The van der Waals surface area contributed by atoms with Gasteiger partial charge in [-0.25, -0.2) is 0 Å². The molecule has 2 aromatic rings. The molecule has 2 rings (SSSR count). The SMILES string of the molecule is CCc1ccsc1CNCc1ccc(CSC)o1. The molecule has 18 heavy (non-hydrogen) atoms. The predicted molar refractivity (Wildman–Crippen MR) is 80.2 cm³/mol. The van der Waals surface area contributed by atoms with Gasteiger partial charge < -0.3 is 9.73 Å². The van der Waals surface area contributed by atoms with Crippen molar-refractivity contribution < 1.29 is 4.42 Å². The van der Waals surface area contributed by atoms with Crippen LogP contribution in [0.15, 0.2) is 28.0 Å². The molecule has 4 heteroatoms.